The van der Waals surface area contributed by atoms with Crippen molar-refractivity contribution in [2.45, 2.75) is 6.92 Å². The standard InChI is InChI=1S/C22H19NO3S/c1-3-26-20-12-10-17(15-21(20)25-2)22(24)23-18-7-4-6-16(14-18)9-11-19-8-5-13-27-19/h4-8,10,12-15H,3H2,1-2H3,(H,23,24). The second-order valence-corrected chi connectivity index (χ2v) is 6.51. The fraction of sp³-hybridized carbons (Fsp3) is 0.136. The largest absolute Gasteiger partial charge is 0.493 e. The Morgan fingerprint density at radius 1 is 1.07 bits per heavy atom. The molecule has 0 saturated heterocycles. The van der Waals surface area contributed by atoms with Gasteiger partial charge in [-0.15, -0.1) is 11.3 Å². The van der Waals surface area contributed by atoms with Gasteiger partial charge in [-0.1, -0.05) is 24.0 Å². The van der Waals surface area contributed by atoms with Crippen LogP contribution < -0.4 is 14.8 Å². The number of thiophene rings is 1. The Balaban J connectivity index is 1.75. The molecule has 0 bridgehead atoms. The predicted octanol–water partition coefficient (Wildman–Crippen LogP) is 4.81. The van der Waals surface area contributed by atoms with Gasteiger partial charge in [-0.2, -0.15) is 0 Å². The third-order valence-electron chi connectivity index (χ3n) is 3.70. The number of carbonyl (C=O) groups excluding carboxylic acids is 1. The van der Waals surface area contributed by atoms with Gasteiger partial charge in [0.05, 0.1) is 18.6 Å². The molecule has 0 atom stereocenters. The highest BCUT2D eigenvalue weighted by Gasteiger charge is 2.11. The van der Waals surface area contributed by atoms with Crippen LogP contribution in [0.4, 0.5) is 5.69 Å². The summed E-state index contributed by atoms with van der Waals surface area (Å²) in [5, 5.41) is 4.89. The van der Waals surface area contributed by atoms with Crippen LogP contribution in [0, 0.1) is 11.8 Å². The molecule has 1 amide bonds. The molecule has 3 aromatic rings. The van der Waals surface area contributed by atoms with Crippen molar-refractivity contribution < 1.29 is 14.3 Å². The molecule has 0 unspecified atom stereocenters. The van der Waals surface area contributed by atoms with Gasteiger partial charge in [0.1, 0.15) is 0 Å². The van der Waals surface area contributed by atoms with E-state index < -0.39 is 0 Å². The monoisotopic (exact) mass is 377 g/mol. The van der Waals surface area contributed by atoms with Gasteiger partial charge in [0.25, 0.3) is 5.91 Å². The average molecular weight is 377 g/mol. The first-order chi connectivity index (χ1) is 13.2. The lowest BCUT2D eigenvalue weighted by molar-refractivity contribution is 0.102. The van der Waals surface area contributed by atoms with Crippen molar-refractivity contribution in [3.05, 3.63) is 76.0 Å². The van der Waals surface area contributed by atoms with E-state index in [9.17, 15) is 4.79 Å². The van der Waals surface area contributed by atoms with E-state index in [0.717, 1.165) is 10.4 Å². The quantitative estimate of drug-likeness (QED) is 0.649. The van der Waals surface area contributed by atoms with Crippen LogP contribution in [0.5, 0.6) is 11.5 Å². The summed E-state index contributed by atoms with van der Waals surface area (Å²) in [5.74, 6) is 7.14. The molecule has 136 valence electrons. The summed E-state index contributed by atoms with van der Waals surface area (Å²) >= 11 is 1.60. The molecule has 0 aliphatic carbocycles. The molecule has 1 heterocycles. The Labute approximate surface area is 162 Å². The van der Waals surface area contributed by atoms with Crippen molar-refractivity contribution in [1.29, 1.82) is 0 Å². The first kappa shape index (κ1) is 18.6. The fourth-order valence-corrected chi connectivity index (χ4v) is 3.02. The summed E-state index contributed by atoms with van der Waals surface area (Å²) < 4.78 is 10.8. The lowest BCUT2D eigenvalue weighted by atomic mass is 10.1. The van der Waals surface area contributed by atoms with Gasteiger partial charge in [0.15, 0.2) is 11.5 Å². The third-order valence-corrected chi connectivity index (χ3v) is 4.48. The van der Waals surface area contributed by atoms with E-state index in [-0.39, 0.29) is 5.91 Å². The minimum atomic E-state index is -0.222. The molecule has 1 N–H and O–H groups in total. The van der Waals surface area contributed by atoms with Crippen molar-refractivity contribution in [3.63, 3.8) is 0 Å². The molecule has 0 spiro atoms. The van der Waals surface area contributed by atoms with Crippen LogP contribution in [0.3, 0.4) is 0 Å². The Morgan fingerprint density at radius 3 is 2.70 bits per heavy atom. The molecular weight excluding hydrogens is 358 g/mol. The Bertz CT molecular complexity index is 984. The Kier molecular flexibility index (Phi) is 6.14. The first-order valence-corrected chi connectivity index (χ1v) is 9.35. The number of carbonyl (C=O) groups is 1. The Morgan fingerprint density at radius 2 is 1.96 bits per heavy atom. The normalized spacial score (nSPS) is 9.85. The molecule has 3 rings (SSSR count). The summed E-state index contributed by atoms with van der Waals surface area (Å²) in [6.07, 6.45) is 0. The highest BCUT2D eigenvalue weighted by Crippen LogP contribution is 2.28. The van der Waals surface area contributed by atoms with Gasteiger partial charge in [0.2, 0.25) is 0 Å². The molecule has 4 nitrogen and oxygen atoms in total. The molecule has 0 aliphatic heterocycles. The molecule has 0 radical (unpaired) electrons. The number of amides is 1. The van der Waals surface area contributed by atoms with E-state index in [4.69, 9.17) is 9.47 Å². The molecule has 2 aromatic carbocycles. The first-order valence-electron chi connectivity index (χ1n) is 8.47. The van der Waals surface area contributed by atoms with Crippen molar-refractivity contribution in [1.82, 2.24) is 0 Å². The smallest absolute Gasteiger partial charge is 0.255 e. The van der Waals surface area contributed by atoms with Crippen LogP contribution in [-0.4, -0.2) is 19.6 Å². The van der Waals surface area contributed by atoms with Crippen molar-refractivity contribution in [2.75, 3.05) is 19.0 Å². The number of methoxy groups -OCH3 is 1. The number of hydrogen-bond donors (Lipinski definition) is 1. The maximum absolute atomic E-state index is 12.6. The van der Waals surface area contributed by atoms with E-state index in [1.807, 2.05) is 48.7 Å². The molecule has 0 aliphatic rings. The number of hydrogen-bond acceptors (Lipinski definition) is 4. The van der Waals surface area contributed by atoms with Gasteiger partial charge >= 0.3 is 0 Å². The highest BCUT2D eigenvalue weighted by molar-refractivity contribution is 7.10. The maximum Gasteiger partial charge on any atom is 0.255 e. The number of benzene rings is 2. The van der Waals surface area contributed by atoms with Crippen LogP contribution in [0.15, 0.2) is 60.0 Å². The number of nitrogens with one attached hydrogen (secondary N) is 1. The minimum Gasteiger partial charge on any atom is -0.493 e. The van der Waals surface area contributed by atoms with Crippen molar-refractivity contribution in [3.8, 4) is 23.3 Å². The topological polar surface area (TPSA) is 47.6 Å². The van der Waals surface area contributed by atoms with Gasteiger partial charge < -0.3 is 14.8 Å². The van der Waals surface area contributed by atoms with Crippen LogP contribution >= 0.6 is 11.3 Å². The summed E-state index contributed by atoms with van der Waals surface area (Å²) in [5.41, 5.74) is 2.02. The predicted molar refractivity (Wildman–Crippen MR) is 109 cm³/mol. The van der Waals surface area contributed by atoms with E-state index in [1.165, 1.54) is 0 Å². The minimum absolute atomic E-state index is 0.222. The van der Waals surface area contributed by atoms with E-state index in [1.54, 1.807) is 36.6 Å². The van der Waals surface area contributed by atoms with Gasteiger partial charge in [-0.25, -0.2) is 0 Å². The second kappa shape index (κ2) is 8.93. The molecule has 0 saturated carbocycles. The van der Waals surface area contributed by atoms with E-state index in [2.05, 4.69) is 17.2 Å². The zero-order valence-corrected chi connectivity index (χ0v) is 15.9. The van der Waals surface area contributed by atoms with Crippen LogP contribution in [0.1, 0.15) is 27.7 Å². The molecule has 1 aromatic heterocycles. The second-order valence-electron chi connectivity index (χ2n) is 5.56. The molecular formula is C22H19NO3S. The summed E-state index contributed by atoms with van der Waals surface area (Å²) in [6, 6.07) is 16.5. The number of rotatable bonds is 5. The van der Waals surface area contributed by atoms with Crippen LogP contribution in [-0.2, 0) is 0 Å². The third kappa shape index (κ3) is 4.90. The van der Waals surface area contributed by atoms with Gasteiger partial charge in [0, 0.05) is 16.8 Å². The van der Waals surface area contributed by atoms with Crippen molar-refractivity contribution in [2.24, 2.45) is 0 Å². The zero-order chi connectivity index (χ0) is 19.1. The maximum atomic E-state index is 12.6. The molecule has 5 heteroatoms. The van der Waals surface area contributed by atoms with Crippen LogP contribution in [0.2, 0.25) is 0 Å². The zero-order valence-electron chi connectivity index (χ0n) is 15.1. The SMILES string of the molecule is CCOc1ccc(C(=O)Nc2cccc(C#Cc3cccs3)c2)cc1OC. The van der Waals surface area contributed by atoms with Gasteiger partial charge in [-0.05, 0) is 54.8 Å². The lowest BCUT2D eigenvalue weighted by Crippen LogP contribution is -2.12. The summed E-state index contributed by atoms with van der Waals surface area (Å²) in [7, 11) is 1.55. The Hall–Kier alpha value is -3.23. The number of ether oxygens (including phenoxy) is 2. The van der Waals surface area contributed by atoms with E-state index >= 15 is 0 Å². The summed E-state index contributed by atoms with van der Waals surface area (Å²) in [6.45, 7) is 2.43. The average Bonchev–Trinajstić information content (AvgIpc) is 3.21. The van der Waals surface area contributed by atoms with Gasteiger partial charge in [-0.3, -0.25) is 4.79 Å². The van der Waals surface area contributed by atoms with Crippen LogP contribution in [0.25, 0.3) is 0 Å². The lowest BCUT2D eigenvalue weighted by Gasteiger charge is -2.11. The molecule has 27 heavy (non-hydrogen) atoms. The van der Waals surface area contributed by atoms with E-state index in [0.29, 0.717) is 29.4 Å². The number of anilines is 1. The fourth-order valence-electron chi connectivity index (χ4n) is 2.44. The summed E-state index contributed by atoms with van der Waals surface area (Å²) in [4.78, 5) is 13.6. The highest BCUT2D eigenvalue weighted by atomic mass is 32.1. The van der Waals surface area contributed by atoms with Crippen molar-refractivity contribution >= 4 is 22.9 Å². The molecule has 0 fully saturated rings.